The van der Waals surface area contributed by atoms with E-state index in [2.05, 4.69) is 10.2 Å². The zero-order valence-electron chi connectivity index (χ0n) is 9.95. The molecule has 1 N–H and O–H groups in total. The van der Waals surface area contributed by atoms with E-state index in [0.29, 0.717) is 25.5 Å². The first-order valence-electron chi connectivity index (χ1n) is 5.80. The largest absolute Gasteiger partial charge is 0.478 e. The van der Waals surface area contributed by atoms with Gasteiger partial charge in [0.1, 0.15) is 12.1 Å². The second-order valence-corrected chi connectivity index (χ2v) is 4.30. The average Bonchev–Trinajstić information content (AvgIpc) is 2.85. The fourth-order valence-electron chi connectivity index (χ4n) is 2.27. The van der Waals surface area contributed by atoms with Gasteiger partial charge < -0.3 is 14.6 Å². The van der Waals surface area contributed by atoms with Gasteiger partial charge in [-0.3, -0.25) is 0 Å². The molecule has 1 aromatic heterocycles. The molecule has 3 rings (SSSR count). The van der Waals surface area contributed by atoms with Crippen molar-refractivity contribution in [2.45, 2.75) is 13.1 Å². The number of nitrogens with zero attached hydrogens (tertiary/aromatic N) is 4. The van der Waals surface area contributed by atoms with Crippen LogP contribution in [0, 0.1) is 5.82 Å². The number of hydrogen-bond acceptors (Lipinski definition) is 4. The summed E-state index contributed by atoms with van der Waals surface area (Å²) in [4.78, 5) is 12.9. The lowest BCUT2D eigenvalue weighted by Crippen LogP contribution is -2.35. The van der Waals surface area contributed by atoms with Crippen LogP contribution in [0.4, 0.5) is 10.1 Å². The highest BCUT2D eigenvalue weighted by atomic mass is 19.1. The molecule has 0 amide bonds. The van der Waals surface area contributed by atoms with Crippen molar-refractivity contribution in [3.8, 4) is 0 Å². The fourth-order valence-corrected chi connectivity index (χ4v) is 2.27. The van der Waals surface area contributed by atoms with Crippen LogP contribution in [-0.4, -0.2) is 32.4 Å². The molecule has 0 fully saturated rings. The van der Waals surface area contributed by atoms with Crippen molar-refractivity contribution in [3.63, 3.8) is 0 Å². The molecule has 6 nitrogen and oxygen atoms in total. The van der Waals surface area contributed by atoms with Crippen molar-refractivity contribution < 1.29 is 14.3 Å². The third-order valence-corrected chi connectivity index (χ3v) is 3.17. The molecule has 0 saturated heterocycles. The number of benzene rings is 1. The summed E-state index contributed by atoms with van der Waals surface area (Å²) in [6.45, 7) is 1.48. The maximum absolute atomic E-state index is 13.9. The summed E-state index contributed by atoms with van der Waals surface area (Å²) < 4.78 is 15.8. The standard InChI is InChI=1S/C12H11FN4O2/c13-9-3-1-2-8(12(18)19)11(9)16-4-5-17-7-14-15-10(17)6-16/h1-3,7H,4-6H2,(H,18,19). The second kappa shape index (κ2) is 4.34. The third-order valence-electron chi connectivity index (χ3n) is 3.17. The van der Waals surface area contributed by atoms with Crippen LogP contribution in [0.25, 0.3) is 0 Å². The monoisotopic (exact) mass is 262 g/mol. The molecule has 98 valence electrons. The third kappa shape index (κ3) is 1.92. The molecule has 2 aromatic rings. The van der Waals surface area contributed by atoms with E-state index in [1.54, 1.807) is 11.2 Å². The van der Waals surface area contributed by atoms with Gasteiger partial charge >= 0.3 is 5.97 Å². The predicted octanol–water partition coefficient (Wildman–Crippen LogP) is 1.14. The molecule has 0 aliphatic carbocycles. The van der Waals surface area contributed by atoms with Crippen LogP contribution < -0.4 is 4.90 Å². The smallest absolute Gasteiger partial charge is 0.337 e. The zero-order chi connectivity index (χ0) is 13.4. The molecule has 0 atom stereocenters. The summed E-state index contributed by atoms with van der Waals surface area (Å²) >= 11 is 0. The van der Waals surface area contributed by atoms with Crippen LogP contribution in [0.3, 0.4) is 0 Å². The quantitative estimate of drug-likeness (QED) is 0.878. The van der Waals surface area contributed by atoms with Crippen LogP contribution in [-0.2, 0) is 13.1 Å². The molecule has 0 unspecified atom stereocenters. The molecule has 0 spiro atoms. The Morgan fingerprint density at radius 3 is 3.00 bits per heavy atom. The van der Waals surface area contributed by atoms with Gasteiger partial charge in [-0.1, -0.05) is 6.07 Å². The number of para-hydroxylation sites is 1. The lowest BCUT2D eigenvalue weighted by molar-refractivity contribution is 0.0697. The van der Waals surface area contributed by atoms with E-state index >= 15 is 0 Å². The van der Waals surface area contributed by atoms with Crippen LogP contribution in [0.1, 0.15) is 16.2 Å². The molecule has 7 heteroatoms. The summed E-state index contributed by atoms with van der Waals surface area (Å²) in [6, 6.07) is 4.07. The molecule has 2 heterocycles. The van der Waals surface area contributed by atoms with Crippen LogP contribution in [0.15, 0.2) is 24.5 Å². The second-order valence-electron chi connectivity index (χ2n) is 4.30. The lowest BCUT2D eigenvalue weighted by atomic mass is 10.1. The summed E-state index contributed by atoms with van der Waals surface area (Å²) in [5.74, 6) is -0.972. The Hall–Kier alpha value is -2.44. The Bertz CT molecular complexity index is 640. The Balaban J connectivity index is 2.02. The van der Waals surface area contributed by atoms with Gasteiger partial charge in [-0.2, -0.15) is 0 Å². The Morgan fingerprint density at radius 1 is 1.37 bits per heavy atom. The summed E-state index contributed by atoms with van der Waals surface area (Å²) in [5, 5.41) is 16.9. The maximum Gasteiger partial charge on any atom is 0.337 e. The zero-order valence-corrected chi connectivity index (χ0v) is 9.95. The van der Waals surface area contributed by atoms with Gasteiger partial charge in [0, 0.05) is 13.1 Å². The normalized spacial score (nSPS) is 14.3. The topological polar surface area (TPSA) is 71.2 Å². The average molecular weight is 262 g/mol. The summed E-state index contributed by atoms with van der Waals surface area (Å²) in [5.41, 5.74) is 0.0808. The van der Waals surface area contributed by atoms with Gasteiger partial charge in [-0.25, -0.2) is 9.18 Å². The van der Waals surface area contributed by atoms with Crippen LogP contribution >= 0.6 is 0 Å². The maximum atomic E-state index is 13.9. The van der Waals surface area contributed by atoms with Crippen molar-refractivity contribution in [3.05, 3.63) is 41.7 Å². The molecule has 1 aliphatic heterocycles. The minimum absolute atomic E-state index is 0.0343. The van der Waals surface area contributed by atoms with Gasteiger partial charge in [0.25, 0.3) is 0 Å². The molecule has 0 radical (unpaired) electrons. The summed E-state index contributed by atoms with van der Waals surface area (Å²) in [7, 11) is 0. The number of anilines is 1. The Morgan fingerprint density at radius 2 is 2.21 bits per heavy atom. The van der Waals surface area contributed by atoms with Crippen molar-refractivity contribution >= 4 is 11.7 Å². The number of carboxylic acids is 1. The minimum atomic E-state index is -1.14. The molecule has 1 aliphatic rings. The molecular weight excluding hydrogens is 251 g/mol. The van der Waals surface area contributed by atoms with Crippen LogP contribution in [0.2, 0.25) is 0 Å². The van der Waals surface area contributed by atoms with Gasteiger partial charge in [0.15, 0.2) is 5.82 Å². The number of carbonyl (C=O) groups is 1. The Kier molecular flexibility index (Phi) is 2.66. The molecule has 1 aromatic carbocycles. The van der Waals surface area contributed by atoms with Gasteiger partial charge in [0.05, 0.1) is 17.8 Å². The summed E-state index contributed by atoms with van der Waals surface area (Å²) in [6.07, 6.45) is 1.62. The number of aromatic carboxylic acids is 1. The van der Waals surface area contributed by atoms with E-state index in [4.69, 9.17) is 5.11 Å². The van der Waals surface area contributed by atoms with E-state index in [1.165, 1.54) is 18.2 Å². The van der Waals surface area contributed by atoms with E-state index in [-0.39, 0.29) is 11.3 Å². The van der Waals surface area contributed by atoms with Crippen molar-refractivity contribution in [2.75, 3.05) is 11.4 Å². The number of rotatable bonds is 2. The lowest BCUT2D eigenvalue weighted by Gasteiger charge is -2.30. The SMILES string of the molecule is O=C(O)c1cccc(F)c1N1CCn2cnnc2C1. The first-order chi connectivity index (χ1) is 9.16. The van der Waals surface area contributed by atoms with Crippen molar-refractivity contribution in [2.24, 2.45) is 0 Å². The van der Waals surface area contributed by atoms with Crippen molar-refractivity contribution in [1.82, 2.24) is 14.8 Å². The molecular formula is C12H11FN4O2. The van der Waals surface area contributed by atoms with E-state index in [1.807, 2.05) is 4.57 Å². The van der Waals surface area contributed by atoms with Gasteiger partial charge in [-0.05, 0) is 12.1 Å². The van der Waals surface area contributed by atoms with Gasteiger partial charge in [0.2, 0.25) is 0 Å². The van der Waals surface area contributed by atoms with Crippen LogP contribution in [0.5, 0.6) is 0 Å². The minimum Gasteiger partial charge on any atom is -0.478 e. The molecule has 0 bridgehead atoms. The molecule has 0 saturated carbocycles. The fraction of sp³-hybridized carbons (Fsp3) is 0.250. The van der Waals surface area contributed by atoms with Crippen molar-refractivity contribution in [1.29, 1.82) is 0 Å². The van der Waals surface area contributed by atoms with E-state index in [9.17, 15) is 9.18 Å². The molecule has 19 heavy (non-hydrogen) atoms. The number of carboxylic acid groups (broad SMARTS) is 1. The number of halogens is 1. The van der Waals surface area contributed by atoms with Gasteiger partial charge in [-0.15, -0.1) is 10.2 Å². The number of aromatic nitrogens is 3. The Labute approximate surface area is 108 Å². The first kappa shape index (κ1) is 11.6. The number of hydrogen-bond donors (Lipinski definition) is 1. The predicted molar refractivity (Wildman–Crippen MR) is 64.4 cm³/mol. The number of fused-ring (bicyclic) bond motifs is 1. The highest BCUT2D eigenvalue weighted by Crippen LogP contribution is 2.27. The highest BCUT2D eigenvalue weighted by molar-refractivity contribution is 5.94. The highest BCUT2D eigenvalue weighted by Gasteiger charge is 2.24. The first-order valence-corrected chi connectivity index (χ1v) is 5.80. The van der Waals surface area contributed by atoms with E-state index < -0.39 is 11.8 Å². The van der Waals surface area contributed by atoms with E-state index in [0.717, 1.165) is 0 Å².